The number of nitrogens with one attached hydrogen (secondary N) is 2. The fourth-order valence-electron chi connectivity index (χ4n) is 3.14. The molecule has 3 aromatic rings. The molecule has 0 aliphatic heterocycles. The number of carbonyl (C=O) groups excluding carboxylic acids is 3. The van der Waals surface area contributed by atoms with E-state index in [1.165, 1.54) is 7.11 Å². The average Bonchev–Trinajstić information content (AvgIpc) is 3.27. The molecule has 0 aliphatic rings. The number of aryl methyl sites for hydroxylation is 1. The minimum absolute atomic E-state index is 0.240. The monoisotopic (exact) mass is 481 g/mol. The maximum atomic E-state index is 12.6. The molecule has 34 heavy (non-hydrogen) atoms. The van der Waals surface area contributed by atoms with Crippen molar-refractivity contribution in [3.05, 3.63) is 64.5 Å². The summed E-state index contributed by atoms with van der Waals surface area (Å²) in [7, 11) is 1.54. The van der Waals surface area contributed by atoms with E-state index in [1.54, 1.807) is 61.6 Å². The summed E-state index contributed by atoms with van der Waals surface area (Å²) in [4.78, 5) is 42.0. The molecule has 1 aromatic heterocycles. The molecule has 2 aromatic carbocycles. The molecule has 1 unspecified atom stereocenters. The van der Waals surface area contributed by atoms with Gasteiger partial charge in [-0.05, 0) is 49.2 Å². The third kappa shape index (κ3) is 6.64. The lowest BCUT2D eigenvalue weighted by Crippen LogP contribution is -2.45. The van der Waals surface area contributed by atoms with Crippen LogP contribution in [0.15, 0.2) is 53.9 Å². The number of anilines is 1. The zero-order chi connectivity index (χ0) is 24.7. The fourth-order valence-corrected chi connectivity index (χ4v) is 3.76. The molecule has 0 bridgehead atoms. The summed E-state index contributed by atoms with van der Waals surface area (Å²) < 4.78 is 10.3. The van der Waals surface area contributed by atoms with Crippen molar-refractivity contribution < 1.29 is 23.9 Å². The highest BCUT2D eigenvalue weighted by molar-refractivity contribution is 7.09. The van der Waals surface area contributed by atoms with Crippen LogP contribution in [-0.2, 0) is 14.3 Å². The van der Waals surface area contributed by atoms with Gasteiger partial charge in [-0.1, -0.05) is 26.0 Å². The van der Waals surface area contributed by atoms with E-state index in [0.717, 1.165) is 16.3 Å². The second-order valence-electron chi connectivity index (χ2n) is 7.91. The van der Waals surface area contributed by atoms with Crippen LogP contribution in [0, 0.1) is 12.8 Å². The van der Waals surface area contributed by atoms with Crippen LogP contribution in [0.3, 0.4) is 0 Å². The number of nitrogens with zero attached hydrogens (tertiary/aromatic N) is 1. The number of amides is 2. The van der Waals surface area contributed by atoms with Crippen LogP contribution >= 0.6 is 11.3 Å². The number of ether oxygens (including phenoxy) is 2. The molecule has 8 nitrogen and oxygen atoms in total. The Bertz CT molecular complexity index is 1160. The molecule has 0 fully saturated rings. The third-order valence-electron chi connectivity index (χ3n) is 4.97. The van der Waals surface area contributed by atoms with E-state index < -0.39 is 30.4 Å². The Morgan fingerprint density at radius 2 is 1.82 bits per heavy atom. The van der Waals surface area contributed by atoms with Crippen LogP contribution in [-0.4, -0.2) is 42.5 Å². The van der Waals surface area contributed by atoms with E-state index in [2.05, 4.69) is 15.6 Å². The quantitative estimate of drug-likeness (QED) is 0.447. The second-order valence-corrected chi connectivity index (χ2v) is 8.97. The van der Waals surface area contributed by atoms with Gasteiger partial charge < -0.3 is 20.1 Å². The molecule has 2 N–H and O–H groups in total. The Labute approximate surface area is 202 Å². The largest absolute Gasteiger partial charge is 0.497 e. The predicted molar refractivity (Wildman–Crippen MR) is 131 cm³/mol. The van der Waals surface area contributed by atoms with Gasteiger partial charge in [0.05, 0.1) is 17.8 Å². The average molecular weight is 482 g/mol. The van der Waals surface area contributed by atoms with Crippen molar-refractivity contribution >= 4 is 34.8 Å². The normalized spacial score (nSPS) is 11.6. The van der Waals surface area contributed by atoms with Crippen LogP contribution < -0.4 is 15.4 Å². The van der Waals surface area contributed by atoms with Crippen molar-refractivity contribution in [2.45, 2.75) is 26.8 Å². The lowest BCUT2D eigenvalue weighted by Gasteiger charge is -2.21. The van der Waals surface area contributed by atoms with Crippen LogP contribution in [0.25, 0.3) is 11.3 Å². The molecule has 3 rings (SSSR count). The van der Waals surface area contributed by atoms with Gasteiger partial charge >= 0.3 is 5.97 Å². The molecule has 1 heterocycles. The Balaban J connectivity index is 1.56. The molecule has 2 amide bonds. The topological polar surface area (TPSA) is 107 Å². The number of aromatic nitrogens is 1. The standard InChI is InChI=1S/C25H27N3O5S/c1-15(2)23(28-24(30)17-8-10-20(32-4)11-9-17)25(31)33-13-22(29)27-19-7-5-6-18(12-19)21-14-34-16(3)26-21/h5-12,14-15,23H,13H2,1-4H3,(H,27,29)(H,28,30). The number of hydrogen-bond acceptors (Lipinski definition) is 7. The van der Waals surface area contributed by atoms with E-state index in [-0.39, 0.29) is 5.92 Å². The first kappa shape index (κ1) is 24.9. The van der Waals surface area contributed by atoms with Crippen molar-refractivity contribution in [1.82, 2.24) is 10.3 Å². The summed E-state index contributed by atoms with van der Waals surface area (Å²) in [5.74, 6) is -1.20. The first-order valence-corrected chi connectivity index (χ1v) is 11.6. The molecule has 178 valence electrons. The van der Waals surface area contributed by atoms with E-state index in [9.17, 15) is 14.4 Å². The van der Waals surface area contributed by atoms with Gasteiger partial charge in [0.2, 0.25) is 0 Å². The maximum Gasteiger partial charge on any atom is 0.329 e. The van der Waals surface area contributed by atoms with Crippen LogP contribution in [0.5, 0.6) is 5.75 Å². The molecule has 9 heteroatoms. The fraction of sp³-hybridized carbons (Fsp3) is 0.280. The zero-order valence-corrected chi connectivity index (χ0v) is 20.3. The van der Waals surface area contributed by atoms with Gasteiger partial charge in [0.25, 0.3) is 11.8 Å². The number of carbonyl (C=O) groups is 3. The second kappa shape index (κ2) is 11.4. The summed E-state index contributed by atoms with van der Waals surface area (Å²) in [5, 5.41) is 8.30. The SMILES string of the molecule is COc1ccc(C(=O)NC(C(=O)OCC(=O)Nc2cccc(-c3csc(C)n3)c2)C(C)C)cc1. The number of hydrogen-bond donors (Lipinski definition) is 2. The first-order valence-electron chi connectivity index (χ1n) is 10.7. The van der Waals surface area contributed by atoms with Crippen LogP contribution in [0.1, 0.15) is 29.2 Å². The summed E-state index contributed by atoms with van der Waals surface area (Å²) in [6, 6.07) is 12.9. The Kier molecular flexibility index (Phi) is 8.37. The lowest BCUT2D eigenvalue weighted by atomic mass is 10.0. The molecular weight excluding hydrogens is 454 g/mol. The van der Waals surface area contributed by atoms with Gasteiger partial charge in [-0.3, -0.25) is 9.59 Å². The van der Waals surface area contributed by atoms with Crippen molar-refractivity contribution in [2.24, 2.45) is 5.92 Å². The summed E-state index contributed by atoms with van der Waals surface area (Å²) in [5.41, 5.74) is 2.65. The van der Waals surface area contributed by atoms with Crippen molar-refractivity contribution in [3.8, 4) is 17.0 Å². The maximum absolute atomic E-state index is 12.6. The van der Waals surface area contributed by atoms with Crippen LogP contribution in [0.4, 0.5) is 5.69 Å². The Hall–Kier alpha value is -3.72. The summed E-state index contributed by atoms with van der Waals surface area (Å²) >= 11 is 1.55. The van der Waals surface area contributed by atoms with Gasteiger partial charge in [-0.2, -0.15) is 0 Å². The highest BCUT2D eigenvalue weighted by Crippen LogP contribution is 2.24. The summed E-state index contributed by atoms with van der Waals surface area (Å²) in [6.45, 7) is 5.02. The number of rotatable bonds is 9. The minimum Gasteiger partial charge on any atom is -0.497 e. The zero-order valence-electron chi connectivity index (χ0n) is 19.5. The smallest absolute Gasteiger partial charge is 0.329 e. The predicted octanol–water partition coefficient (Wildman–Crippen LogP) is 4.06. The Morgan fingerprint density at radius 1 is 1.09 bits per heavy atom. The molecule has 0 radical (unpaired) electrons. The van der Waals surface area contributed by atoms with Gasteiger partial charge in [0, 0.05) is 22.2 Å². The van der Waals surface area contributed by atoms with Gasteiger partial charge in [0.15, 0.2) is 6.61 Å². The van der Waals surface area contributed by atoms with Crippen molar-refractivity contribution in [2.75, 3.05) is 19.0 Å². The van der Waals surface area contributed by atoms with Crippen molar-refractivity contribution in [3.63, 3.8) is 0 Å². The molecule has 0 spiro atoms. The van der Waals surface area contributed by atoms with E-state index >= 15 is 0 Å². The number of methoxy groups -OCH3 is 1. The summed E-state index contributed by atoms with van der Waals surface area (Å²) in [6.07, 6.45) is 0. The molecular formula is C25H27N3O5S. The molecule has 1 atom stereocenters. The van der Waals surface area contributed by atoms with E-state index in [4.69, 9.17) is 9.47 Å². The van der Waals surface area contributed by atoms with Gasteiger partial charge in [-0.15, -0.1) is 11.3 Å². The van der Waals surface area contributed by atoms with Crippen LogP contribution in [0.2, 0.25) is 0 Å². The molecule has 0 saturated carbocycles. The van der Waals surface area contributed by atoms with Gasteiger partial charge in [-0.25, -0.2) is 9.78 Å². The van der Waals surface area contributed by atoms with Gasteiger partial charge in [0.1, 0.15) is 11.8 Å². The minimum atomic E-state index is -0.904. The van der Waals surface area contributed by atoms with Crippen molar-refractivity contribution in [1.29, 1.82) is 0 Å². The highest BCUT2D eigenvalue weighted by Gasteiger charge is 2.27. The number of thiazole rings is 1. The lowest BCUT2D eigenvalue weighted by molar-refractivity contribution is -0.150. The highest BCUT2D eigenvalue weighted by atomic mass is 32.1. The van der Waals surface area contributed by atoms with E-state index in [0.29, 0.717) is 17.0 Å². The third-order valence-corrected chi connectivity index (χ3v) is 5.74. The molecule has 0 saturated heterocycles. The number of esters is 1. The molecule has 0 aliphatic carbocycles. The Morgan fingerprint density at radius 3 is 2.44 bits per heavy atom. The van der Waals surface area contributed by atoms with E-state index in [1.807, 2.05) is 24.4 Å². The number of benzene rings is 2. The first-order chi connectivity index (χ1) is 16.3.